The molecule has 0 saturated carbocycles. The van der Waals surface area contributed by atoms with Gasteiger partial charge in [-0.25, -0.2) is 0 Å². The fourth-order valence-electron chi connectivity index (χ4n) is 1.84. The predicted octanol–water partition coefficient (Wildman–Crippen LogP) is 3.21. The summed E-state index contributed by atoms with van der Waals surface area (Å²) in [7, 11) is 1.64. The number of nitrogens with one attached hydrogen (secondary N) is 1. The number of nitrogens with zero attached hydrogens (tertiary/aromatic N) is 1. The molecule has 2 N–H and O–H groups in total. The van der Waals surface area contributed by atoms with Crippen LogP contribution in [0.15, 0.2) is 30.3 Å². The van der Waals surface area contributed by atoms with E-state index < -0.39 is 5.97 Å². The maximum Gasteiger partial charge on any atom is 0.307 e. The van der Waals surface area contributed by atoms with E-state index >= 15 is 0 Å². The van der Waals surface area contributed by atoms with E-state index in [2.05, 4.69) is 5.32 Å². The number of carboxylic acid groups (broad SMARTS) is 1. The summed E-state index contributed by atoms with van der Waals surface area (Å²) in [4.78, 5) is 22.7. The number of anilines is 1. The van der Waals surface area contributed by atoms with Gasteiger partial charge < -0.3 is 15.0 Å². The molecule has 7 heteroatoms. The Bertz CT molecular complexity index is 693. The van der Waals surface area contributed by atoms with Gasteiger partial charge in [-0.1, -0.05) is 35.3 Å². The Balaban J connectivity index is 2.12. The largest absolute Gasteiger partial charge is 0.481 e. The molecule has 1 aromatic carbocycles. The number of carboxylic acids is 1. The number of hydrogen-bond acceptors (Lipinski definition) is 2. The molecule has 0 spiro atoms. The first-order valence-corrected chi connectivity index (χ1v) is 6.77. The number of aliphatic carboxylic acids is 1. The standard InChI is InChI=1S/C14H12Cl2N2O3/c1-18-11(7-10(15)13(18)16)14(21)17-9-4-2-8(3-5-9)6-12(19)20/h2-5,7H,6H2,1H3,(H,17,21)(H,19,20). The second-order valence-corrected chi connectivity index (χ2v) is 5.21. The highest BCUT2D eigenvalue weighted by Gasteiger charge is 2.15. The summed E-state index contributed by atoms with van der Waals surface area (Å²) in [6, 6.07) is 8.06. The molecule has 110 valence electrons. The predicted molar refractivity (Wildman–Crippen MR) is 81.2 cm³/mol. The number of carbonyl (C=O) groups is 2. The minimum Gasteiger partial charge on any atom is -0.481 e. The number of hydrogen-bond donors (Lipinski definition) is 2. The summed E-state index contributed by atoms with van der Waals surface area (Å²) in [6.45, 7) is 0. The van der Waals surface area contributed by atoms with E-state index in [0.717, 1.165) is 0 Å². The zero-order chi connectivity index (χ0) is 15.6. The number of aromatic nitrogens is 1. The lowest BCUT2D eigenvalue weighted by atomic mass is 10.1. The third kappa shape index (κ3) is 3.56. The first-order valence-electron chi connectivity index (χ1n) is 6.01. The number of halogens is 2. The van der Waals surface area contributed by atoms with E-state index in [-0.39, 0.29) is 12.3 Å². The zero-order valence-corrected chi connectivity index (χ0v) is 12.6. The fourth-order valence-corrected chi connectivity index (χ4v) is 2.21. The first-order chi connectivity index (χ1) is 9.88. The summed E-state index contributed by atoms with van der Waals surface area (Å²) in [5, 5.41) is 12.0. The number of amides is 1. The smallest absolute Gasteiger partial charge is 0.307 e. The van der Waals surface area contributed by atoms with Gasteiger partial charge in [-0.3, -0.25) is 9.59 Å². The second-order valence-electron chi connectivity index (χ2n) is 4.45. The Morgan fingerprint density at radius 3 is 2.33 bits per heavy atom. The van der Waals surface area contributed by atoms with Gasteiger partial charge in [-0.05, 0) is 23.8 Å². The molecule has 1 aromatic heterocycles. The van der Waals surface area contributed by atoms with Gasteiger partial charge in [0, 0.05) is 12.7 Å². The van der Waals surface area contributed by atoms with Gasteiger partial charge in [-0.2, -0.15) is 0 Å². The van der Waals surface area contributed by atoms with Crippen molar-refractivity contribution in [3.63, 3.8) is 0 Å². The Kier molecular flexibility index (Phi) is 4.55. The van der Waals surface area contributed by atoms with E-state index in [1.165, 1.54) is 10.6 Å². The SMILES string of the molecule is Cn1c(C(=O)Nc2ccc(CC(=O)O)cc2)cc(Cl)c1Cl. The lowest BCUT2D eigenvalue weighted by Gasteiger charge is -2.07. The van der Waals surface area contributed by atoms with Crippen LogP contribution in [-0.2, 0) is 18.3 Å². The van der Waals surface area contributed by atoms with Crippen LogP contribution in [0.3, 0.4) is 0 Å². The van der Waals surface area contributed by atoms with Crippen LogP contribution >= 0.6 is 23.2 Å². The number of carbonyl (C=O) groups excluding carboxylic acids is 1. The van der Waals surface area contributed by atoms with Gasteiger partial charge in [-0.15, -0.1) is 0 Å². The van der Waals surface area contributed by atoms with Gasteiger partial charge in [0.25, 0.3) is 5.91 Å². The van der Waals surface area contributed by atoms with Gasteiger partial charge in [0.1, 0.15) is 10.8 Å². The van der Waals surface area contributed by atoms with E-state index in [1.54, 1.807) is 31.3 Å². The minimum atomic E-state index is -0.903. The van der Waals surface area contributed by atoms with Crippen molar-refractivity contribution < 1.29 is 14.7 Å². The molecular weight excluding hydrogens is 315 g/mol. The molecule has 0 radical (unpaired) electrons. The van der Waals surface area contributed by atoms with Crippen molar-refractivity contribution in [2.24, 2.45) is 7.05 Å². The summed E-state index contributed by atoms with van der Waals surface area (Å²) in [5.41, 5.74) is 1.55. The molecular formula is C14H12Cl2N2O3. The molecule has 0 saturated heterocycles. The maximum absolute atomic E-state index is 12.1. The molecule has 21 heavy (non-hydrogen) atoms. The van der Waals surface area contributed by atoms with Crippen LogP contribution < -0.4 is 5.32 Å². The summed E-state index contributed by atoms with van der Waals surface area (Å²) < 4.78 is 1.48. The molecule has 1 heterocycles. The highest BCUT2D eigenvalue weighted by atomic mass is 35.5. The lowest BCUT2D eigenvalue weighted by molar-refractivity contribution is -0.136. The van der Waals surface area contributed by atoms with Crippen LogP contribution in [0.25, 0.3) is 0 Å². The molecule has 5 nitrogen and oxygen atoms in total. The molecule has 0 aliphatic rings. The van der Waals surface area contributed by atoms with Gasteiger partial charge in [0.2, 0.25) is 0 Å². The van der Waals surface area contributed by atoms with Crippen molar-refractivity contribution in [3.05, 3.63) is 51.8 Å². The van der Waals surface area contributed by atoms with E-state index in [9.17, 15) is 9.59 Å². The average Bonchev–Trinajstić information content (AvgIpc) is 2.68. The Hall–Kier alpha value is -1.98. The van der Waals surface area contributed by atoms with Gasteiger partial charge in [0.05, 0.1) is 11.4 Å². The van der Waals surface area contributed by atoms with Crippen molar-refractivity contribution in [3.8, 4) is 0 Å². The van der Waals surface area contributed by atoms with Crippen molar-refractivity contribution >= 4 is 40.8 Å². The molecule has 2 rings (SSSR count). The zero-order valence-electron chi connectivity index (χ0n) is 11.1. The van der Waals surface area contributed by atoms with Crippen LogP contribution in [0.2, 0.25) is 10.2 Å². The van der Waals surface area contributed by atoms with Crippen LogP contribution in [0.5, 0.6) is 0 Å². The summed E-state index contributed by atoms with van der Waals surface area (Å²) in [6.07, 6.45) is -0.0583. The molecule has 0 atom stereocenters. The quantitative estimate of drug-likeness (QED) is 0.906. The summed E-state index contributed by atoms with van der Waals surface area (Å²) in [5.74, 6) is -1.25. The number of benzene rings is 1. The van der Waals surface area contributed by atoms with Gasteiger partial charge >= 0.3 is 5.97 Å². The Morgan fingerprint density at radius 1 is 1.24 bits per heavy atom. The fraction of sp³-hybridized carbons (Fsp3) is 0.143. The van der Waals surface area contributed by atoms with E-state index in [1.807, 2.05) is 0 Å². The molecule has 0 aliphatic heterocycles. The monoisotopic (exact) mass is 326 g/mol. The first kappa shape index (κ1) is 15.4. The molecule has 0 fully saturated rings. The Labute approximate surface area is 131 Å². The Morgan fingerprint density at radius 2 is 1.86 bits per heavy atom. The van der Waals surface area contributed by atoms with Gasteiger partial charge in [0.15, 0.2) is 0 Å². The van der Waals surface area contributed by atoms with Crippen LogP contribution in [0.4, 0.5) is 5.69 Å². The minimum absolute atomic E-state index is 0.0583. The lowest BCUT2D eigenvalue weighted by Crippen LogP contribution is -2.15. The normalized spacial score (nSPS) is 10.4. The third-order valence-corrected chi connectivity index (χ3v) is 3.76. The summed E-state index contributed by atoms with van der Waals surface area (Å²) >= 11 is 11.8. The van der Waals surface area contributed by atoms with Crippen molar-refractivity contribution in [2.75, 3.05) is 5.32 Å². The third-order valence-electron chi connectivity index (χ3n) is 2.92. The topological polar surface area (TPSA) is 71.3 Å². The van der Waals surface area contributed by atoms with E-state index in [4.69, 9.17) is 28.3 Å². The molecule has 2 aromatic rings. The highest BCUT2D eigenvalue weighted by Crippen LogP contribution is 2.25. The number of rotatable bonds is 4. The van der Waals surface area contributed by atoms with Crippen molar-refractivity contribution in [2.45, 2.75) is 6.42 Å². The second kappa shape index (κ2) is 6.20. The average molecular weight is 327 g/mol. The van der Waals surface area contributed by atoms with Crippen LogP contribution in [0, 0.1) is 0 Å². The highest BCUT2D eigenvalue weighted by molar-refractivity contribution is 6.42. The molecule has 0 bridgehead atoms. The van der Waals surface area contributed by atoms with E-state index in [0.29, 0.717) is 27.1 Å². The maximum atomic E-state index is 12.1. The molecule has 1 amide bonds. The molecule has 0 aliphatic carbocycles. The molecule has 0 unspecified atom stereocenters. The van der Waals surface area contributed by atoms with Crippen molar-refractivity contribution in [1.29, 1.82) is 0 Å². The van der Waals surface area contributed by atoms with Crippen LogP contribution in [0.1, 0.15) is 16.1 Å². The van der Waals surface area contributed by atoms with Crippen molar-refractivity contribution in [1.82, 2.24) is 4.57 Å². The van der Waals surface area contributed by atoms with Crippen LogP contribution in [-0.4, -0.2) is 21.6 Å².